The van der Waals surface area contributed by atoms with Crippen LogP contribution in [0.1, 0.15) is 48.8 Å². The van der Waals surface area contributed by atoms with Crippen LogP contribution in [-0.2, 0) is 12.8 Å². The Morgan fingerprint density at radius 2 is 1.80 bits per heavy atom. The highest BCUT2D eigenvalue weighted by Crippen LogP contribution is 2.21. The summed E-state index contributed by atoms with van der Waals surface area (Å²) >= 11 is 0. The van der Waals surface area contributed by atoms with Crippen LogP contribution < -0.4 is 5.32 Å². The minimum atomic E-state index is 0.333. The number of hydrogen-bond acceptors (Lipinski definition) is 2. The van der Waals surface area contributed by atoms with Crippen LogP contribution in [0, 0.1) is 6.92 Å². The maximum Gasteiger partial charge on any atom is 0.101 e. The van der Waals surface area contributed by atoms with Gasteiger partial charge in [-0.2, -0.15) is 0 Å². The molecule has 2 heteroatoms. The van der Waals surface area contributed by atoms with Crippen molar-refractivity contribution in [3.05, 3.63) is 59.0 Å². The molecular weight excluding hydrogens is 246 g/mol. The summed E-state index contributed by atoms with van der Waals surface area (Å²) in [6.07, 6.45) is 5.12. The van der Waals surface area contributed by atoms with Crippen LogP contribution in [0.25, 0.3) is 0 Å². The summed E-state index contributed by atoms with van der Waals surface area (Å²) in [6.45, 7) is 7.41. The number of rotatable bonds is 7. The lowest BCUT2D eigenvalue weighted by Crippen LogP contribution is -2.23. The topological polar surface area (TPSA) is 25.2 Å². The van der Waals surface area contributed by atoms with Crippen LogP contribution in [0.3, 0.4) is 0 Å². The van der Waals surface area contributed by atoms with Gasteiger partial charge in [0.1, 0.15) is 5.76 Å². The van der Waals surface area contributed by atoms with Crippen molar-refractivity contribution in [1.29, 1.82) is 0 Å². The number of furan rings is 1. The minimum Gasteiger partial charge on any atom is -0.469 e. The van der Waals surface area contributed by atoms with E-state index in [1.165, 1.54) is 16.7 Å². The Balaban J connectivity index is 2.10. The van der Waals surface area contributed by atoms with Crippen molar-refractivity contribution in [3.8, 4) is 0 Å². The highest BCUT2D eigenvalue weighted by atomic mass is 16.3. The summed E-state index contributed by atoms with van der Waals surface area (Å²) in [5.74, 6) is 0.977. The van der Waals surface area contributed by atoms with Crippen molar-refractivity contribution in [2.75, 3.05) is 6.54 Å². The van der Waals surface area contributed by atoms with Gasteiger partial charge in [0.2, 0.25) is 0 Å². The van der Waals surface area contributed by atoms with Gasteiger partial charge in [0.25, 0.3) is 0 Å². The molecule has 0 aliphatic rings. The summed E-state index contributed by atoms with van der Waals surface area (Å²) in [5, 5.41) is 3.62. The fourth-order valence-electron chi connectivity index (χ4n) is 2.42. The molecule has 0 spiro atoms. The monoisotopic (exact) mass is 271 g/mol. The highest BCUT2D eigenvalue weighted by Gasteiger charge is 2.13. The van der Waals surface area contributed by atoms with Gasteiger partial charge in [-0.25, -0.2) is 0 Å². The smallest absolute Gasteiger partial charge is 0.101 e. The van der Waals surface area contributed by atoms with Crippen molar-refractivity contribution in [3.63, 3.8) is 0 Å². The molecule has 1 N–H and O–H groups in total. The number of benzene rings is 1. The standard InChI is InChI=1S/C18H25NO/c1-4-10-19-18(17-11-14(3)20-13-17)12-16-8-6-15(5-2)7-9-16/h6-9,11,13,18-19H,4-5,10,12H2,1-3H3. The van der Waals surface area contributed by atoms with Crippen molar-refractivity contribution >= 4 is 0 Å². The van der Waals surface area contributed by atoms with Crippen LogP contribution in [-0.4, -0.2) is 6.54 Å². The summed E-state index contributed by atoms with van der Waals surface area (Å²) in [5.41, 5.74) is 4.01. The molecule has 1 atom stereocenters. The fraction of sp³-hybridized carbons (Fsp3) is 0.444. The van der Waals surface area contributed by atoms with Crippen LogP contribution in [0.15, 0.2) is 41.0 Å². The fourth-order valence-corrected chi connectivity index (χ4v) is 2.42. The molecule has 1 aromatic carbocycles. The molecule has 2 nitrogen and oxygen atoms in total. The number of nitrogens with one attached hydrogen (secondary N) is 1. The van der Waals surface area contributed by atoms with E-state index in [0.29, 0.717) is 6.04 Å². The maximum atomic E-state index is 5.46. The molecule has 0 amide bonds. The first-order chi connectivity index (χ1) is 9.72. The van der Waals surface area contributed by atoms with Gasteiger partial charge in [-0.3, -0.25) is 0 Å². The summed E-state index contributed by atoms with van der Waals surface area (Å²) in [6, 6.07) is 11.4. The molecule has 1 unspecified atom stereocenters. The van der Waals surface area contributed by atoms with E-state index in [2.05, 4.69) is 49.5 Å². The molecule has 2 aromatic rings. The number of aryl methyl sites for hydroxylation is 2. The van der Waals surface area contributed by atoms with Crippen LogP contribution >= 0.6 is 0 Å². The zero-order valence-electron chi connectivity index (χ0n) is 12.8. The summed E-state index contributed by atoms with van der Waals surface area (Å²) < 4.78 is 5.46. The lowest BCUT2D eigenvalue weighted by atomic mass is 9.99. The molecular formula is C18H25NO. The Morgan fingerprint density at radius 3 is 2.35 bits per heavy atom. The maximum absolute atomic E-state index is 5.46. The van der Waals surface area contributed by atoms with E-state index in [1.54, 1.807) is 0 Å². The lowest BCUT2D eigenvalue weighted by Gasteiger charge is -2.17. The van der Waals surface area contributed by atoms with E-state index in [1.807, 2.05) is 13.2 Å². The SMILES string of the molecule is CCCNC(Cc1ccc(CC)cc1)c1coc(C)c1. The van der Waals surface area contributed by atoms with Gasteiger partial charge in [0.15, 0.2) is 0 Å². The zero-order chi connectivity index (χ0) is 14.4. The number of hydrogen-bond donors (Lipinski definition) is 1. The van der Waals surface area contributed by atoms with Gasteiger partial charge in [-0.15, -0.1) is 0 Å². The second kappa shape index (κ2) is 7.30. The Morgan fingerprint density at radius 1 is 1.10 bits per heavy atom. The predicted molar refractivity (Wildman–Crippen MR) is 84.0 cm³/mol. The van der Waals surface area contributed by atoms with Gasteiger partial charge in [-0.1, -0.05) is 38.1 Å². The van der Waals surface area contributed by atoms with Crippen molar-refractivity contribution in [2.24, 2.45) is 0 Å². The molecule has 20 heavy (non-hydrogen) atoms. The van der Waals surface area contributed by atoms with Gasteiger partial charge < -0.3 is 9.73 Å². The first kappa shape index (κ1) is 14.9. The van der Waals surface area contributed by atoms with E-state index < -0.39 is 0 Å². The summed E-state index contributed by atoms with van der Waals surface area (Å²) in [7, 11) is 0. The first-order valence-corrected chi connectivity index (χ1v) is 7.59. The molecule has 0 bridgehead atoms. The molecule has 0 aliphatic heterocycles. The van der Waals surface area contributed by atoms with Gasteiger partial charge in [-0.05, 0) is 49.9 Å². The second-order valence-electron chi connectivity index (χ2n) is 5.37. The highest BCUT2D eigenvalue weighted by molar-refractivity contribution is 5.26. The molecule has 0 saturated carbocycles. The first-order valence-electron chi connectivity index (χ1n) is 7.59. The molecule has 1 heterocycles. The van der Waals surface area contributed by atoms with Crippen molar-refractivity contribution in [1.82, 2.24) is 5.32 Å². The third kappa shape index (κ3) is 3.97. The Hall–Kier alpha value is -1.54. The predicted octanol–water partition coefficient (Wildman–Crippen LogP) is 4.43. The van der Waals surface area contributed by atoms with Gasteiger partial charge in [0, 0.05) is 11.6 Å². The van der Waals surface area contributed by atoms with E-state index >= 15 is 0 Å². The average Bonchev–Trinajstić information content (AvgIpc) is 2.90. The molecule has 0 radical (unpaired) electrons. The molecule has 1 aromatic heterocycles. The van der Waals surface area contributed by atoms with Crippen molar-refractivity contribution in [2.45, 2.75) is 46.1 Å². The Labute approximate surface area is 122 Å². The molecule has 0 fully saturated rings. The third-order valence-corrected chi connectivity index (χ3v) is 3.66. The molecule has 0 aliphatic carbocycles. The molecule has 0 saturated heterocycles. The minimum absolute atomic E-state index is 0.333. The second-order valence-corrected chi connectivity index (χ2v) is 5.37. The Kier molecular flexibility index (Phi) is 5.42. The van der Waals surface area contributed by atoms with E-state index in [4.69, 9.17) is 4.42 Å². The van der Waals surface area contributed by atoms with Crippen LogP contribution in [0.4, 0.5) is 0 Å². The molecule has 2 rings (SSSR count). The van der Waals surface area contributed by atoms with Crippen molar-refractivity contribution < 1.29 is 4.42 Å². The van der Waals surface area contributed by atoms with Crippen LogP contribution in [0.2, 0.25) is 0 Å². The third-order valence-electron chi connectivity index (χ3n) is 3.66. The summed E-state index contributed by atoms with van der Waals surface area (Å²) in [4.78, 5) is 0. The van der Waals surface area contributed by atoms with E-state index in [-0.39, 0.29) is 0 Å². The van der Waals surface area contributed by atoms with E-state index in [0.717, 1.165) is 31.6 Å². The average molecular weight is 271 g/mol. The Bertz CT molecular complexity index is 512. The van der Waals surface area contributed by atoms with Crippen LogP contribution in [0.5, 0.6) is 0 Å². The lowest BCUT2D eigenvalue weighted by molar-refractivity contribution is 0.503. The largest absolute Gasteiger partial charge is 0.469 e. The van der Waals surface area contributed by atoms with E-state index in [9.17, 15) is 0 Å². The molecule has 108 valence electrons. The zero-order valence-corrected chi connectivity index (χ0v) is 12.8. The quantitative estimate of drug-likeness (QED) is 0.805. The van der Waals surface area contributed by atoms with Gasteiger partial charge in [0.05, 0.1) is 6.26 Å². The van der Waals surface area contributed by atoms with Gasteiger partial charge >= 0.3 is 0 Å². The normalized spacial score (nSPS) is 12.6.